The molecule has 0 unspecified atom stereocenters. The Morgan fingerprint density at radius 3 is 2.56 bits per heavy atom. The summed E-state index contributed by atoms with van der Waals surface area (Å²) >= 11 is 0. The zero-order valence-electron chi connectivity index (χ0n) is 16.2. The van der Waals surface area contributed by atoms with Gasteiger partial charge in [0.15, 0.2) is 6.61 Å². The molecular weight excluding hydrogens is 342 g/mol. The molecule has 3 rings (SSSR count). The van der Waals surface area contributed by atoms with Crippen molar-refractivity contribution >= 4 is 5.78 Å². The molecule has 1 aromatic carbocycles. The summed E-state index contributed by atoms with van der Waals surface area (Å²) in [5.74, 6) is 1.25. The minimum atomic E-state index is -0.0107. The van der Waals surface area contributed by atoms with Crippen molar-refractivity contribution in [1.29, 1.82) is 0 Å². The molecular formula is C20H25N5O2. The van der Waals surface area contributed by atoms with Crippen molar-refractivity contribution < 1.29 is 9.53 Å². The number of hydrogen-bond acceptors (Lipinski definition) is 5. The number of ether oxygens (including phenoxy) is 1. The summed E-state index contributed by atoms with van der Waals surface area (Å²) in [6, 6.07) is 9.25. The molecule has 0 saturated carbocycles. The summed E-state index contributed by atoms with van der Waals surface area (Å²) in [6.07, 6.45) is 2.61. The first-order valence-electron chi connectivity index (χ1n) is 9.12. The molecule has 7 nitrogen and oxygen atoms in total. The standard InChI is InChI=1S/C20H25N5O2/c1-14(2)9-10-24-15(3)11-19(16(24)4)20(26)12-27-18-7-5-17(6-8-18)25-13-21-22-23-25/h5-8,11,13-14H,9-10,12H2,1-4H3. The van der Waals surface area contributed by atoms with Gasteiger partial charge in [0.2, 0.25) is 5.78 Å². The largest absolute Gasteiger partial charge is 0.485 e. The van der Waals surface area contributed by atoms with Crippen molar-refractivity contribution in [3.8, 4) is 11.4 Å². The topological polar surface area (TPSA) is 74.8 Å². The van der Waals surface area contributed by atoms with Crippen LogP contribution in [0.15, 0.2) is 36.7 Å². The van der Waals surface area contributed by atoms with Crippen molar-refractivity contribution in [1.82, 2.24) is 24.8 Å². The average Bonchev–Trinajstić information content (AvgIpc) is 3.27. The highest BCUT2D eigenvalue weighted by Crippen LogP contribution is 2.19. The zero-order chi connectivity index (χ0) is 19.4. The molecule has 3 aromatic rings. The molecule has 0 aliphatic rings. The molecule has 0 radical (unpaired) electrons. The Morgan fingerprint density at radius 2 is 1.93 bits per heavy atom. The molecule has 0 atom stereocenters. The van der Waals surface area contributed by atoms with Gasteiger partial charge in [-0.25, -0.2) is 4.68 Å². The van der Waals surface area contributed by atoms with E-state index in [2.05, 4.69) is 33.9 Å². The van der Waals surface area contributed by atoms with Gasteiger partial charge >= 0.3 is 0 Å². The van der Waals surface area contributed by atoms with Crippen LogP contribution in [0.2, 0.25) is 0 Å². The number of hydrogen-bond donors (Lipinski definition) is 0. The van der Waals surface area contributed by atoms with Crippen LogP contribution < -0.4 is 4.74 Å². The van der Waals surface area contributed by atoms with Crippen LogP contribution >= 0.6 is 0 Å². The molecule has 7 heteroatoms. The smallest absolute Gasteiger partial charge is 0.202 e. The Hall–Kier alpha value is -2.96. The molecule has 0 fully saturated rings. The average molecular weight is 367 g/mol. The lowest BCUT2D eigenvalue weighted by atomic mass is 10.1. The van der Waals surface area contributed by atoms with Gasteiger partial charge in [-0.05, 0) is 66.9 Å². The minimum absolute atomic E-state index is 0.0107. The number of Topliss-reactive ketones (excluding diaryl/α,β-unsaturated/α-hetero) is 1. The molecule has 0 bridgehead atoms. The van der Waals surface area contributed by atoms with Gasteiger partial charge in [-0.1, -0.05) is 13.8 Å². The molecule has 0 saturated heterocycles. The van der Waals surface area contributed by atoms with Crippen LogP contribution in [0.3, 0.4) is 0 Å². The van der Waals surface area contributed by atoms with E-state index in [1.54, 1.807) is 16.8 Å². The summed E-state index contributed by atoms with van der Waals surface area (Å²) in [4.78, 5) is 12.6. The number of aromatic nitrogens is 5. The molecule has 142 valence electrons. The normalized spacial score (nSPS) is 11.1. The van der Waals surface area contributed by atoms with Crippen molar-refractivity contribution in [3.05, 3.63) is 53.6 Å². The second kappa shape index (κ2) is 8.16. The van der Waals surface area contributed by atoms with E-state index in [0.29, 0.717) is 11.7 Å². The second-order valence-electron chi connectivity index (χ2n) is 7.08. The lowest BCUT2D eigenvalue weighted by molar-refractivity contribution is 0.0921. The summed E-state index contributed by atoms with van der Waals surface area (Å²) in [6.45, 7) is 9.41. The van der Waals surface area contributed by atoms with Crippen LogP contribution in [-0.2, 0) is 6.54 Å². The van der Waals surface area contributed by atoms with Crippen molar-refractivity contribution in [2.24, 2.45) is 5.92 Å². The highest BCUT2D eigenvalue weighted by atomic mass is 16.5. The number of rotatable bonds is 8. The lowest BCUT2D eigenvalue weighted by Crippen LogP contribution is -2.13. The van der Waals surface area contributed by atoms with Gasteiger partial charge in [0.1, 0.15) is 12.1 Å². The van der Waals surface area contributed by atoms with E-state index >= 15 is 0 Å². The maximum absolute atomic E-state index is 12.6. The Labute approximate surface area is 159 Å². The Kier molecular flexibility index (Phi) is 5.69. The third-order valence-corrected chi connectivity index (χ3v) is 4.62. The van der Waals surface area contributed by atoms with Crippen LogP contribution in [-0.4, -0.2) is 37.2 Å². The molecule has 0 amide bonds. The summed E-state index contributed by atoms with van der Waals surface area (Å²) in [5.41, 5.74) is 3.69. The van der Waals surface area contributed by atoms with E-state index in [1.807, 2.05) is 32.0 Å². The van der Waals surface area contributed by atoms with E-state index in [1.165, 1.54) is 6.33 Å². The maximum atomic E-state index is 12.6. The predicted molar refractivity (Wildman–Crippen MR) is 102 cm³/mol. The lowest BCUT2D eigenvalue weighted by Gasteiger charge is -2.11. The predicted octanol–water partition coefficient (Wildman–Crippen LogP) is 3.39. The van der Waals surface area contributed by atoms with Crippen LogP contribution in [0.25, 0.3) is 5.69 Å². The number of carbonyl (C=O) groups excluding carboxylic acids is 1. The first-order valence-corrected chi connectivity index (χ1v) is 9.12. The number of nitrogens with zero attached hydrogens (tertiary/aromatic N) is 5. The van der Waals surface area contributed by atoms with E-state index < -0.39 is 0 Å². The third kappa shape index (κ3) is 4.42. The van der Waals surface area contributed by atoms with E-state index in [9.17, 15) is 4.79 Å². The quantitative estimate of drug-likeness (QED) is 0.571. The van der Waals surface area contributed by atoms with Gasteiger partial charge in [0.05, 0.1) is 5.69 Å². The van der Waals surface area contributed by atoms with Gasteiger partial charge < -0.3 is 9.30 Å². The molecule has 0 aliphatic heterocycles. The Morgan fingerprint density at radius 1 is 1.19 bits per heavy atom. The molecule has 0 N–H and O–H groups in total. The van der Waals surface area contributed by atoms with E-state index in [0.717, 1.165) is 35.6 Å². The first-order chi connectivity index (χ1) is 13.0. The molecule has 27 heavy (non-hydrogen) atoms. The second-order valence-corrected chi connectivity index (χ2v) is 7.08. The third-order valence-electron chi connectivity index (χ3n) is 4.62. The fraction of sp³-hybridized carbons (Fsp3) is 0.400. The van der Waals surface area contributed by atoms with E-state index in [-0.39, 0.29) is 12.4 Å². The molecule has 0 aliphatic carbocycles. The van der Waals surface area contributed by atoms with Gasteiger partial charge in [0.25, 0.3) is 0 Å². The Balaban J connectivity index is 1.63. The fourth-order valence-electron chi connectivity index (χ4n) is 3.02. The van der Waals surface area contributed by atoms with Gasteiger partial charge in [0, 0.05) is 23.5 Å². The molecule has 2 heterocycles. The van der Waals surface area contributed by atoms with Gasteiger partial charge in [-0.2, -0.15) is 0 Å². The number of carbonyl (C=O) groups is 1. The maximum Gasteiger partial charge on any atom is 0.202 e. The van der Waals surface area contributed by atoms with Crippen LogP contribution in [0, 0.1) is 19.8 Å². The summed E-state index contributed by atoms with van der Waals surface area (Å²) in [5, 5.41) is 11.1. The number of ketones is 1. The van der Waals surface area contributed by atoms with Crippen molar-refractivity contribution in [2.75, 3.05) is 6.61 Å². The van der Waals surface area contributed by atoms with Gasteiger partial charge in [-0.15, -0.1) is 5.10 Å². The Bertz CT molecular complexity index is 895. The first kappa shape index (κ1) is 18.8. The van der Waals surface area contributed by atoms with Crippen LogP contribution in [0.4, 0.5) is 0 Å². The van der Waals surface area contributed by atoms with Gasteiger partial charge in [-0.3, -0.25) is 4.79 Å². The fourth-order valence-corrected chi connectivity index (χ4v) is 3.02. The van der Waals surface area contributed by atoms with Crippen LogP contribution in [0.1, 0.15) is 42.0 Å². The zero-order valence-corrected chi connectivity index (χ0v) is 16.2. The SMILES string of the molecule is Cc1cc(C(=O)COc2ccc(-n3cnnn3)cc2)c(C)n1CCC(C)C. The summed E-state index contributed by atoms with van der Waals surface area (Å²) < 4.78 is 9.45. The molecule has 2 aromatic heterocycles. The monoisotopic (exact) mass is 367 g/mol. The van der Waals surface area contributed by atoms with Crippen LogP contribution in [0.5, 0.6) is 5.75 Å². The van der Waals surface area contributed by atoms with E-state index in [4.69, 9.17) is 4.74 Å². The minimum Gasteiger partial charge on any atom is -0.485 e. The molecule has 0 spiro atoms. The number of tetrazole rings is 1. The summed E-state index contributed by atoms with van der Waals surface area (Å²) in [7, 11) is 0. The van der Waals surface area contributed by atoms with Crippen molar-refractivity contribution in [3.63, 3.8) is 0 Å². The number of benzene rings is 1. The highest BCUT2D eigenvalue weighted by molar-refractivity contribution is 5.98. The highest BCUT2D eigenvalue weighted by Gasteiger charge is 2.16. The van der Waals surface area contributed by atoms with Crippen molar-refractivity contribution in [2.45, 2.75) is 40.7 Å². The number of aryl methyl sites for hydroxylation is 1.